The lowest BCUT2D eigenvalue weighted by molar-refractivity contribution is -0.136. The molecule has 6 nitrogen and oxygen atoms in total. The fraction of sp³-hybridized carbons (Fsp3) is 0.200. The Morgan fingerprint density at radius 2 is 1.91 bits per heavy atom. The van der Waals surface area contributed by atoms with Crippen LogP contribution < -0.4 is 0 Å². The maximum atomic E-state index is 11.0. The Morgan fingerprint density at radius 3 is 2.59 bits per heavy atom. The quantitative estimate of drug-likeness (QED) is 0.746. The van der Waals surface area contributed by atoms with Gasteiger partial charge in [0.05, 0.1) is 0 Å². The van der Waals surface area contributed by atoms with Crippen molar-refractivity contribution in [1.82, 2.24) is 19.8 Å². The predicted molar refractivity (Wildman–Crippen MR) is 83.9 cm³/mol. The summed E-state index contributed by atoms with van der Waals surface area (Å²) < 4.78 is 1.64. The van der Waals surface area contributed by atoms with Gasteiger partial charge in [0.2, 0.25) is 0 Å². The summed E-state index contributed by atoms with van der Waals surface area (Å²) in [6.45, 7) is 3.65. The van der Waals surface area contributed by atoms with Crippen LogP contribution in [0.5, 0.6) is 0 Å². The minimum Gasteiger partial charge on any atom is -0.480 e. The number of aryl methyl sites for hydroxylation is 1. The Labute approximate surface area is 131 Å². The maximum absolute atomic E-state index is 11.0. The van der Waals surface area contributed by atoms with Gasteiger partial charge in [-0.2, -0.15) is 9.61 Å². The van der Waals surface area contributed by atoms with Crippen molar-refractivity contribution in [2.45, 2.75) is 24.1 Å². The molecule has 0 fully saturated rings. The molecule has 0 spiro atoms. The first kappa shape index (κ1) is 14.5. The van der Waals surface area contributed by atoms with Gasteiger partial charge in [-0.15, -0.1) is 10.2 Å². The third-order valence-electron chi connectivity index (χ3n) is 3.19. The molecule has 0 bridgehead atoms. The van der Waals surface area contributed by atoms with E-state index in [1.807, 2.05) is 31.2 Å². The van der Waals surface area contributed by atoms with Gasteiger partial charge in [0.1, 0.15) is 10.3 Å². The van der Waals surface area contributed by atoms with Crippen molar-refractivity contribution >= 4 is 23.4 Å². The Balaban J connectivity index is 2.01. The monoisotopic (exact) mass is 314 g/mol. The van der Waals surface area contributed by atoms with Gasteiger partial charge in [0.25, 0.3) is 0 Å². The van der Waals surface area contributed by atoms with Crippen LogP contribution in [0.25, 0.3) is 17.0 Å². The number of thioether (sulfide) groups is 1. The summed E-state index contributed by atoms with van der Waals surface area (Å²) in [6.07, 6.45) is 0. The van der Waals surface area contributed by atoms with Crippen molar-refractivity contribution in [2.24, 2.45) is 0 Å². The molecule has 3 rings (SSSR count). The van der Waals surface area contributed by atoms with E-state index in [1.54, 1.807) is 23.6 Å². The average molecular weight is 314 g/mol. The van der Waals surface area contributed by atoms with Crippen LogP contribution in [0.2, 0.25) is 0 Å². The fourth-order valence-electron chi connectivity index (χ4n) is 1.95. The molecule has 3 aromatic rings. The lowest BCUT2D eigenvalue weighted by Gasteiger charge is -2.06. The highest BCUT2D eigenvalue weighted by Gasteiger charge is 2.15. The van der Waals surface area contributed by atoms with Crippen LogP contribution in [0.1, 0.15) is 12.5 Å². The third kappa shape index (κ3) is 2.80. The smallest absolute Gasteiger partial charge is 0.316 e. The van der Waals surface area contributed by atoms with E-state index in [0.29, 0.717) is 16.5 Å². The van der Waals surface area contributed by atoms with Gasteiger partial charge in [-0.3, -0.25) is 4.79 Å². The van der Waals surface area contributed by atoms with Gasteiger partial charge in [-0.1, -0.05) is 41.6 Å². The molecule has 0 unspecified atom stereocenters. The lowest BCUT2D eigenvalue weighted by Crippen LogP contribution is -2.11. The number of carbonyl (C=O) groups is 1. The number of nitrogens with zero attached hydrogens (tertiary/aromatic N) is 4. The van der Waals surface area contributed by atoms with Crippen molar-refractivity contribution in [1.29, 1.82) is 0 Å². The first-order valence-electron chi connectivity index (χ1n) is 6.73. The lowest BCUT2D eigenvalue weighted by atomic mass is 10.1. The molecule has 1 N–H and O–H groups in total. The van der Waals surface area contributed by atoms with Gasteiger partial charge >= 0.3 is 5.97 Å². The number of rotatable bonds is 4. The van der Waals surface area contributed by atoms with Crippen molar-refractivity contribution in [2.75, 3.05) is 0 Å². The number of carboxylic acids is 1. The molecule has 0 aliphatic heterocycles. The van der Waals surface area contributed by atoms with Crippen LogP contribution in [0, 0.1) is 6.92 Å². The third-order valence-corrected chi connectivity index (χ3v) is 4.21. The zero-order valence-corrected chi connectivity index (χ0v) is 12.9. The SMILES string of the molecule is Cc1ccc(-c2nnc3ccc(S[C@H](C)C(=O)O)nn23)cc1. The molecule has 112 valence electrons. The highest BCUT2D eigenvalue weighted by molar-refractivity contribution is 8.00. The molecule has 2 heterocycles. The summed E-state index contributed by atoms with van der Waals surface area (Å²) in [5, 5.41) is 21.8. The van der Waals surface area contributed by atoms with E-state index < -0.39 is 11.2 Å². The Bertz CT molecular complexity index is 829. The summed E-state index contributed by atoms with van der Waals surface area (Å²) in [4.78, 5) is 11.0. The van der Waals surface area contributed by atoms with Crippen molar-refractivity contribution in [3.63, 3.8) is 0 Å². The molecule has 2 aromatic heterocycles. The number of hydrogen-bond donors (Lipinski definition) is 1. The van der Waals surface area contributed by atoms with Gasteiger partial charge in [-0.25, -0.2) is 0 Å². The molecule has 22 heavy (non-hydrogen) atoms. The zero-order chi connectivity index (χ0) is 15.7. The molecule has 0 amide bonds. The van der Waals surface area contributed by atoms with Crippen molar-refractivity contribution in [3.8, 4) is 11.4 Å². The summed E-state index contributed by atoms with van der Waals surface area (Å²) in [6, 6.07) is 11.5. The molecular formula is C15H14N4O2S. The largest absolute Gasteiger partial charge is 0.480 e. The van der Waals surface area contributed by atoms with E-state index in [2.05, 4.69) is 15.3 Å². The van der Waals surface area contributed by atoms with E-state index >= 15 is 0 Å². The second kappa shape index (κ2) is 5.76. The molecule has 0 aliphatic rings. The van der Waals surface area contributed by atoms with Gasteiger partial charge in [-0.05, 0) is 26.0 Å². The minimum absolute atomic E-state index is 0.566. The highest BCUT2D eigenvalue weighted by Crippen LogP contribution is 2.23. The Kier molecular flexibility index (Phi) is 3.81. The molecule has 0 aliphatic carbocycles. The summed E-state index contributed by atoms with van der Waals surface area (Å²) >= 11 is 1.19. The van der Waals surface area contributed by atoms with Crippen LogP contribution in [0.4, 0.5) is 0 Å². The summed E-state index contributed by atoms with van der Waals surface area (Å²) in [5.74, 6) is -0.227. The summed E-state index contributed by atoms with van der Waals surface area (Å²) in [5.41, 5.74) is 2.71. The topological polar surface area (TPSA) is 80.4 Å². The standard InChI is InChI=1S/C15H14N4O2S/c1-9-3-5-11(6-4-9)14-17-16-12-7-8-13(18-19(12)14)22-10(2)15(20)21/h3-8,10H,1-2H3,(H,20,21)/t10-/m1/s1. The Hall–Kier alpha value is -2.41. The zero-order valence-electron chi connectivity index (χ0n) is 12.1. The molecule has 0 saturated carbocycles. The number of aromatic nitrogens is 4. The molecule has 1 atom stereocenters. The molecule has 0 saturated heterocycles. The van der Waals surface area contributed by atoms with Crippen LogP contribution in [0.15, 0.2) is 41.4 Å². The number of fused-ring (bicyclic) bond motifs is 1. The number of hydrogen-bond acceptors (Lipinski definition) is 5. The van der Waals surface area contributed by atoms with Crippen LogP contribution in [-0.4, -0.2) is 36.1 Å². The highest BCUT2D eigenvalue weighted by atomic mass is 32.2. The molecule has 1 aromatic carbocycles. The molecule has 7 heteroatoms. The number of carboxylic acid groups (broad SMARTS) is 1. The van der Waals surface area contributed by atoms with Gasteiger partial charge in [0, 0.05) is 5.56 Å². The Morgan fingerprint density at radius 1 is 1.18 bits per heavy atom. The van der Waals surface area contributed by atoms with Crippen molar-refractivity contribution in [3.05, 3.63) is 42.0 Å². The van der Waals surface area contributed by atoms with E-state index in [-0.39, 0.29) is 0 Å². The van der Waals surface area contributed by atoms with E-state index in [4.69, 9.17) is 5.11 Å². The molecule has 0 radical (unpaired) electrons. The first-order valence-corrected chi connectivity index (χ1v) is 7.61. The average Bonchev–Trinajstić information content (AvgIpc) is 2.91. The van der Waals surface area contributed by atoms with E-state index in [1.165, 1.54) is 11.8 Å². The van der Waals surface area contributed by atoms with E-state index in [9.17, 15) is 4.79 Å². The van der Waals surface area contributed by atoms with Crippen LogP contribution >= 0.6 is 11.8 Å². The second-order valence-electron chi connectivity index (χ2n) is 4.93. The predicted octanol–water partition coefficient (Wildman–Crippen LogP) is 2.66. The van der Waals surface area contributed by atoms with Crippen LogP contribution in [-0.2, 0) is 4.79 Å². The normalized spacial score (nSPS) is 12.5. The van der Waals surface area contributed by atoms with Crippen molar-refractivity contribution < 1.29 is 9.90 Å². The number of aliphatic carboxylic acids is 1. The van der Waals surface area contributed by atoms with Gasteiger partial charge < -0.3 is 5.11 Å². The van der Waals surface area contributed by atoms with Crippen LogP contribution in [0.3, 0.4) is 0 Å². The first-order chi connectivity index (χ1) is 10.5. The second-order valence-corrected chi connectivity index (χ2v) is 6.29. The fourth-order valence-corrected chi connectivity index (χ4v) is 2.69. The summed E-state index contributed by atoms with van der Waals surface area (Å²) in [7, 11) is 0. The van der Waals surface area contributed by atoms with E-state index in [0.717, 1.165) is 11.1 Å². The maximum Gasteiger partial charge on any atom is 0.316 e. The minimum atomic E-state index is -0.866. The molecular weight excluding hydrogens is 300 g/mol. The van der Waals surface area contributed by atoms with Gasteiger partial charge in [0.15, 0.2) is 11.5 Å². The number of benzene rings is 1.